The van der Waals surface area contributed by atoms with Crippen LogP contribution in [0, 0.1) is 0 Å². The SMILES string of the molecule is CC[C@@]1(OC(=O)CCCCCCCC(=O)OC(CO)COC)C(=O)OCc2c1cc1n(c2=O)Cc2cc3ccccc3nc2-1. The third-order valence-electron chi connectivity index (χ3n) is 8.29. The van der Waals surface area contributed by atoms with Gasteiger partial charge < -0.3 is 28.6 Å². The molecule has 0 amide bonds. The Morgan fingerprint density at radius 3 is 2.52 bits per heavy atom. The number of para-hydroxylation sites is 1. The zero-order valence-corrected chi connectivity index (χ0v) is 25.1. The highest BCUT2D eigenvalue weighted by atomic mass is 16.6. The number of rotatable bonds is 14. The first kappa shape index (κ1) is 31.3. The van der Waals surface area contributed by atoms with E-state index in [1.165, 1.54) is 7.11 Å². The topological polar surface area (TPSA) is 143 Å². The van der Waals surface area contributed by atoms with Crippen LogP contribution in [0.5, 0.6) is 0 Å². The van der Waals surface area contributed by atoms with Crippen LogP contribution in [0.4, 0.5) is 0 Å². The van der Waals surface area contributed by atoms with Gasteiger partial charge in [0.2, 0.25) is 5.60 Å². The predicted octanol–water partition coefficient (Wildman–Crippen LogP) is 3.91. The first-order valence-corrected chi connectivity index (χ1v) is 15.2. The summed E-state index contributed by atoms with van der Waals surface area (Å²) >= 11 is 0. The Hall–Kier alpha value is -4.09. The lowest BCUT2D eigenvalue weighted by atomic mass is 9.85. The zero-order chi connectivity index (χ0) is 31.3. The molecule has 0 fully saturated rings. The number of aromatic nitrogens is 2. The maximum Gasteiger partial charge on any atom is 0.355 e. The molecular weight excluding hydrogens is 568 g/mol. The molecule has 234 valence electrons. The van der Waals surface area contributed by atoms with Crippen molar-refractivity contribution in [2.75, 3.05) is 20.3 Å². The fourth-order valence-electron chi connectivity index (χ4n) is 5.95. The Kier molecular flexibility index (Phi) is 9.75. The minimum Gasteiger partial charge on any atom is -0.457 e. The van der Waals surface area contributed by atoms with Crippen LogP contribution >= 0.6 is 0 Å². The molecule has 11 nitrogen and oxygen atoms in total. The lowest BCUT2D eigenvalue weighted by Gasteiger charge is -2.35. The Morgan fingerprint density at radius 1 is 1.07 bits per heavy atom. The van der Waals surface area contributed by atoms with E-state index in [0.717, 1.165) is 35.7 Å². The van der Waals surface area contributed by atoms with E-state index in [9.17, 15) is 24.3 Å². The van der Waals surface area contributed by atoms with E-state index < -0.39 is 23.6 Å². The number of unbranched alkanes of at least 4 members (excludes halogenated alkanes) is 4. The van der Waals surface area contributed by atoms with Crippen LogP contribution in [0.2, 0.25) is 0 Å². The van der Waals surface area contributed by atoms with Gasteiger partial charge in [0.05, 0.1) is 42.2 Å². The van der Waals surface area contributed by atoms with Crippen LogP contribution in [-0.2, 0) is 52.1 Å². The van der Waals surface area contributed by atoms with Gasteiger partial charge in [0.25, 0.3) is 5.56 Å². The maximum atomic E-state index is 13.7. The lowest BCUT2D eigenvalue weighted by Crippen LogP contribution is -2.47. The molecule has 3 aromatic rings. The highest BCUT2D eigenvalue weighted by molar-refractivity contribution is 5.88. The lowest BCUT2D eigenvalue weighted by molar-refractivity contribution is -0.189. The summed E-state index contributed by atoms with van der Waals surface area (Å²) in [6, 6.07) is 11.5. The van der Waals surface area contributed by atoms with Crippen molar-refractivity contribution in [1.82, 2.24) is 9.55 Å². The number of aliphatic hydroxyl groups excluding tert-OH is 1. The fraction of sp³-hybridized carbons (Fsp3) is 0.485. The van der Waals surface area contributed by atoms with Crippen LogP contribution in [0.1, 0.15) is 75.0 Å². The average Bonchev–Trinajstić information content (AvgIpc) is 3.38. The third-order valence-corrected chi connectivity index (χ3v) is 8.29. The molecule has 0 saturated heterocycles. The Bertz CT molecular complexity index is 1610. The fourth-order valence-corrected chi connectivity index (χ4v) is 5.95. The number of cyclic esters (lactones) is 1. The second-order valence-electron chi connectivity index (χ2n) is 11.3. The molecule has 5 rings (SSSR count). The summed E-state index contributed by atoms with van der Waals surface area (Å²) < 4.78 is 23.0. The van der Waals surface area contributed by atoms with E-state index in [0.29, 0.717) is 41.9 Å². The molecular formula is C33H38N2O9. The normalized spacial score (nSPS) is 17.4. The summed E-state index contributed by atoms with van der Waals surface area (Å²) in [7, 11) is 1.47. The molecule has 0 radical (unpaired) electrons. The molecule has 0 saturated carbocycles. The number of carbonyl (C=O) groups is 3. The summed E-state index contributed by atoms with van der Waals surface area (Å²) in [5, 5.41) is 10.2. The van der Waals surface area contributed by atoms with Gasteiger partial charge in [0, 0.05) is 36.5 Å². The minimum absolute atomic E-state index is 0.0991. The van der Waals surface area contributed by atoms with E-state index in [2.05, 4.69) is 0 Å². The number of methoxy groups -OCH3 is 1. The number of esters is 3. The van der Waals surface area contributed by atoms with Crippen LogP contribution in [-0.4, -0.2) is 59.0 Å². The van der Waals surface area contributed by atoms with E-state index >= 15 is 0 Å². The first-order chi connectivity index (χ1) is 21.3. The summed E-state index contributed by atoms with van der Waals surface area (Å²) in [6.45, 7) is 1.76. The number of fused-ring (bicyclic) bond motifs is 5. The summed E-state index contributed by atoms with van der Waals surface area (Å²) in [6.07, 6.45) is 3.27. The average molecular weight is 607 g/mol. The number of hydrogen-bond donors (Lipinski definition) is 1. The van der Waals surface area contributed by atoms with Crippen molar-refractivity contribution in [3.05, 3.63) is 63.4 Å². The van der Waals surface area contributed by atoms with Gasteiger partial charge in [-0.2, -0.15) is 0 Å². The Balaban J connectivity index is 1.22. The van der Waals surface area contributed by atoms with Gasteiger partial charge in [0.1, 0.15) is 12.7 Å². The van der Waals surface area contributed by atoms with Gasteiger partial charge in [-0.25, -0.2) is 9.78 Å². The van der Waals surface area contributed by atoms with E-state index in [-0.39, 0.29) is 50.6 Å². The number of aliphatic hydroxyl groups is 1. The largest absolute Gasteiger partial charge is 0.457 e. The van der Waals surface area contributed by atoms with Gasteiger partial charge in [0.15, 0.2) is 0 Å². The molecule has 1 N–H and O–H groups in total. The number of ether oxygens (including phenoxy) is 4. The maximum absolute atomic E-state index is 13.7. The smallest absolute Gasteiger partial charge is 0.355 e. The molecule has 2 atom stereocenters. The number of benzene rings is 1. The number of nitrogens with zero attached hydrogens (tertiary/aromatic N) is 2. The molecule has 2 aromatic heterocycles. The highest BCUT2D eigenvalue weighted by Gasteiger charge is 2.50. The standard InChI is InChI=1S/C33H38N2O9/c1-3-33(44-29(38)14-8-6-4-5-7-13-28(37)43-23(18-36)19-41-2)25-16-27-30-22(15-21-11-9-10-12-26(21)34-30)17-35(27)31(39)24(25)20-42-32(33)40/h9-12,15-16,23,36H,3-8,13-14,17-20H2,1-2H3/t23?,33-/m0/s1. The Labute approximate surface area is 255 Å². The molecule has 2 aliphatic rings. The molecule has 0 spiro atoms. The van der Waals surface area contributed by atoms with Crippen LogP contribution in [0.25, 0.3) is 22.3 Å². The van der Waals surface area contributed by atoms with Gasteiger partial charge in [-0.1, -0.05) is 44.4 Å². The summed E-state index contributed by atoms with van der Waals surface area (Å²) in [5.74, 6) is -1.61. The third kappa shape index (κ3) is 6.25. The van der Waals surface area contributed by atoms with Gasteiger partial charge in [-0.05, 0) is 37.5 Å². The van der Waals surface area contributed by atoms with E-state index in [4.69, 9.17) is 23.9 Å². The Morgan fingerprint density at radius 2 is 1.80 bits per heavy atom. The van der Waals surface area contributed by atoms with Crippen molar-refractivity contribution in [3.8, 4) is 11.4 Å². The predicted molar refractivity (Wildman–Crippen MR) is 160 cm³/mol. The van der Waals surface area contributed by atoms with Gasteiger partial charge >= 0.3 is 17.9 Å². The molecule has 4 heterocycles. The van der Waals surface area contributed by atoms with Crippen molar-refractivity contribution < 1.29 is 38.4 Å². The van der Waals surface area contributed by atoms with Crippen LogP contribution in [0.3, 0.4) is 0 Å². The molecule has 1 aromatic carbocycles. The van der Waals surface area contributed by atoms with Crippen molar-refractivity contribution >= 4 is 28.8 Å². The number of pyridine rings is 2. The van der Waals surface area contributed by atoms with Gasteiger partial charge in [-0.15, -0.1) is 0 Å². The van der Waals surface area contributed by atoms with Crippen LogP contribution < -0.4 is 5.56 Å². The molecule has 11 heteroatoms. The molecule has 44 heavy (non-hydrogen) atoms. The van der Waals surface area contributed by atoms with Crippen LogP contribution in [0.15, 0.2) is 41.2 Å². The molecule has 1 unspecified atom stereocenters. The van der Waals surface area contributed by atoms with E-state index in [1.54, 1.807) is 17.6 Å². The van der Waals surface area contributed by atoms with Gasteiger partial charge in [-0.3, -0.25) is 14.4 Å². The quantitative estimate of drug-likeness (QED) is 0.127. The second-order valence-corrected chi connectivity index (χ2v) is 11.3. The number of carbonyl (C=O) groups excluding carboxylic acids is 3. The van der Waals surface area contributed by atoms with Crippen molar-refractivity contribution in [2.45, 2.75) is 83.1 Å². The zero-order valence-electron chi connectivity index (χ0n) is 25.1. The molecule has 2 aliphatic heterocycles. The van der Waals surface area contributed by atoms with Crippen molar-refractivity contribution in [1.29, 1.82) is 0 Å². The highest BCUT2D eigenvalue weighted by Crippen LogP contribution is 2.41. The monoisotopic (exact) mass is 606 g/mol. The summed E-state index contributed by atoms with van der Waals surface area (Å²) in [4.78, 5) is 56.6. The minimum atomic E-state index is -1.71. The molecule has 0 bridgehead atoms. The second kappa shape index (κ2) is 13.7. The van der Waals surface area contributed by atoms with E-state index in [1.807, 2.05) is 30.3 Å². The van der Waals surface area contributed by atoms with Crippen molar-refractivity contribution in [3.63, 3.8) is 0 Å². The molecule has 0 aliphatic carbocycles. The number of hydrogen-bond acceptors (Lipinski definition) is 10. The first-order valence-electron chi connectivity index (χ1n) is 15.2. The van der Waals surface area contributed by atoms with Crippen molar-refractivity contribution in [2.24, 2.45) is 0 Å². The summed E-state index contributed by atoms with van der Waals surface area (Å²) in [5.41, 5.74) is 1.66.